The Bertz CT molecular complexity index is 958. The van der Waals surface area contributed by atoms with Crippen molar-refractivity contribution in [1.29, 1.82) is 0 Å². The van der Waals surface area contributed by atoms with Crippen molar-refractivity contribution < 1.29 is 18.8 Å². The number of esters is 1. The number of ether oxygens (including phenoxy) is 1. The largest absolute Gasteiger partial charge is 0.454 e. The molecule has 0 aliphatic carbocycles. The Balaban J connectivity index is 1.65. The first-order chi connectivity index (χ1) is 13.0. The third-order valence-electron chi connectivity index (χ3n) is 3.88. The number of carbonyl (C=O) groups excluding carboxylic acids is 2. The molecular weight excluding hydrogens is 384 g/mol. The van der Waals surface area contributed by atoms with Gasteiger partial charge in [0.1, 0.15) is 10.8 Å². The molecule has 0 N–H and O–H groups in total. The molecule has 3 heterocycles. The van der Waals surface area contributed by atoms with Gasteiger partial charge in [0.2, 0.25) is 5.78 Å². The molecule has 0 atom stereocenters. The van der Waals surface area contributed by atoms with Crippen LogP contribution in [0.25, 0.3) is 0 Å². The number of aromatic nitrogens is 2. The molecule has 0 aromatic carbocycles. The van der Waals surface area contributed by atoms with Crippen molar-refractivity contribution in [3.8, 4) is 0 Å². The predicted molar refractivity (Wildman–Crippen MR) is 103 cm³/mol. The first kappa shape index (κ1) is 19.3. The molecule has 0 unspecified atom stereocenters. The summed E-state index contributed by atoms with van der Waals surface area (Å²) >= 11 is 2.78. The Kier molecular flexibility index (Phi) is 6.08. The maximum Gasteiger partial charge on any atom is 0.341 e. The highest BCUT2D eigenvalue weighted by molar-refractivity contribution is 7.98. The lowest BCUT2D eigenvalue weighted by atomic mass is 10.2. The summed E-state index contributed by atoms with van der Waals surface area (Å²) in [4.78, 5) is 30.5. The van der Waals surface area contributed by atoms with Crippen molar-refractivity contribution in [3.63, 3.8) is 0 Å². The molecule has 0 saturated carbocycles. The molecular formula is C19H18N2O4S2. The minimum atomic E-state index is -0.564. The van der Waals surface area contributed by atoms with Gasteiger partial charge in [-0.3, -0.25) is 4.79 Å². The fraction of sp³-hybridized carbons (Fsp3) is 0.263. The summed E-state index contributed by atoms with van der Waals surface area (Å²) in [6.45, 7) is 5.35. The summed E-state index contributed by atoms with van der Waals surface area (Å²) in [5.74, 6) is 0.546. The monoisotopic (exact) mass is 402 g/mol. The molecule has 0 aliphatic rings. The highest BCUT2D eigenvalue weighted by atomic mass is 32.2. The fourth-order valence-electron chi connectivity index (χ4n) is 2.37. The van der Waals surface area contributed by atoms with E-state index in [1.807, 2.05) is 26.8 Å². The van der Waals surface area contributed by atoms with Crippen molar-refractivity contribution >= 4 is 34.9 Å². The van der Waals surface area contributed by atoms with Gasteiger partial charge in [-0.15, -0.1) is 23.1 Å². The molecule has 0 bridgehead atoms. The zero-order valence-electron chi connectivity index (χ0n) is 15.1. The lowest BCUT2D eigenvalue weighted by molar-refractivity contribution is 0.0471. The maximum absolute atomic E-state index is 12.4. The second kappa shape index (κ2) is 8.49. The van der Waals surface area contributed by atoms with Gasteiger partial charge in [0, 0.05) is 22.4 Å². The van der Waals surface area contributed by atoms with Crippen LogP contribution < -0.4 is 0 Å². The van der Waals surface area contributed by atoms with Crippen molar-refractivity contribution in [1.82, 2.24) is 10.1 Å². The molecule has 3 rings (SSSR count). The Morgan fingerprint density at radius 2 is 2.04 bits per heavy atom. The first-order valence-corrected chi connectivity index (χ1v) is 10.0. The summed E-state index contributed by atoms with van der Waals surface area (Å²) in [5, 5.41) is 4.47. The van der Waals surface area contributed by atoms with Crippen LogP contribution in [-0.2, 0) is 10.5 Å². The predicted octanol–water partition coefficient (Wildman–Crippen LogP) is 4.39. The van der Waals surface area contributed by atoms with Gasteiger partial charge < -0.3 is 9.26 Å². The third-order valence-corrected chi connectivity index (χ3v) is 5.95. The smallest absolute Gasteiger partial charge is 0.341 e. The van der Waals surface area contributed by atoms with E-state index in [0.717, 1.165) is 21.9 Å². The number of carbonyl (C=O) groups is 2. The van der Waals surface area contributed by atoms with Crippen LogP contribution in [0.3, 0.4) is 0 Å². The second-order valence-corrected chi connectivity index (χ2v) is 8.11. The SMILES string of the molecule is Cc1ccc(C(=O)COC(=O)c2cccnc2SCc2c(C)noc2C)s1. The van der Waals surface area contributed by atoms with Gasteiger partial charge in [0.15, 0.2) is 6.61 Å². The molecule has 0 amide bonds. The van der Waals surface area contributed by atoms with Crippen LogP contribution >= 0.6 is 23.1 Å². The molecule has 3 aromatic rings. The first-order valence-electron chi connectivity index (χ1n) is 8.22. The van der Waals surface area contributed by atoms with Gasteiger partial charge in [-0.05, 0) is 45.0 Å². The molecule has 0 saturated heterocycles. The number of Topliss-reactive ketones (excluding diaryl/α,β-unsaturated/α-hetero) is 1. The van der Waals surface area contributed by atoms with E-state index in [2.05, 4.69) is 10.1 Å². The van der Waals surface area contributed by atoms with E-state index in [4.69, 9.17) is 9.26 Å². The second-order valence-electron chi connectivity index (χ2n) is 5.86. The number of pyridine rings is 1. The van der Waals surface area contributed by atoms with Crippen LogP contribution in [-0.4, -0.2) is 28.5 Å². The molecule has 0 aliphatic heterocycles. The van der Waals surface area contributed by atoms with Crippen LogP contribution in [0.2, 0.25) is 0 Å². The number of aryl methyl sites for hydroxylation is 3. The fourth-order valence-corrected chi connectivity index (χ4v) is 4.30. The number of thioether (sulfide) groups is 1. The zero-order valence-corrected chi connectivity index (χ0v) is 16.8. The van der Waals surface area contributed by atoms with E-state index in [-0.39, 0.29) is 12.4 Å². The number of rotatable bonds is 7. The minimum absolute atomic E-state index is 0.213. The lowest BCUT2D eigenvalue weighted by Crippen LogP contribution is -2.14. The van der Waals surface area contributed by atoms with Crippen molar-refractivity contribution in [2.24, 2.45) is 0 Å². The van der Waals surface area contributed by atoms with Gasteiger partial charge >= 0.3 is 5.97 Å². The van der Waals surface area contributed by atoms with Gasteiger partial charge in [0.05, 0.1) is 16.1 Å². The summed E-state index contributed by atoms with van der Waals surface area (Å²) in [6, 6.07) is 6.92. The molecule has 27 heavy (non-hydrogen) atoms. The molecule has 0 spiro atoms. The Hall–Kier alpha value is -2.45. The number of ketones is 1. The van der Waals surface area contributed by atoms with Crippen LogP contribution in [0.15, 0.2) is 40.0 Å². The minimum Gasteiger partial charge on any atom is -0.454 e. The Morgan fingerprint density at radius 1 is 1.22 bits per heavy atom. The van der Waals surface area contributed by atoms with Gasteiger partial charge in [-0.1, -0.05) is 5.16 Å². The standard InChI is InChI=1S/C19H18N2O4S2/c1-11-6-7-17(27-11)16(22)9-24-19(23)14-5-4-8-20-18(14)26-10-15-12(2)21-25-13(15)3/h4-8H,9-10H2,1-3H3. The van der Waals surface area contributed by atoms with Gasteiger partial charge in [-0.25, -0.2) is 9.78 Å². The number of hydrogen-bond donors (Lipinski definition) is 0. The van der Waals surface area contributed by atoms with Gasteiger partial charge in [-0.2, -0.15) is 0 Å². The van der Waals surface area contributed by atoms with E-state index in [0.29, 0.717) is 21.2 Å². The van der Waals surface area contributed by atoms with Crippen LogP contribution in [0.1, 0.15) is 41.9 Å². The van der Waals surface area contributed by atoms with Crippen LogP contribution in [0.4, 0.5) is 0 Å². The van der Waals surface area contributed by atoms with Crippen molar-refractivity contribution in [3.05, 3.63) is 62.8 Å². The molecule has 0 fully saturated rings. The highest BCUT2D eigenvalue weighted by Crippen LogP contribution is 2.27. The number of nitrogens with zero attached hydrogens (tertiary/aromatic N) is 2. The average molecular weight is 402 g/mol. The maximum atomic E-state index is 12.4. The highest BCUT2D eigenvalue weighted by Gasteiger charge is 2.18. The lowest BCUT2D eigenvalue weighted by Gasteiger charge is -2.08. The summed E-state index contributed by atoms with van der Waals surface area (Å²) < 4.78 is 10.4. The van der Waals surface area contributed by atoms with Gasteiger partial charge in [0.25, 0.3) is 0 Å². The Labute approximate surface area is 164 Å². The average Bonchev–Trinajstić information content (AvgIpc) is 3.24. The topological polar surface area (TPSA) is 82.3 Å². The number of thiophene rings is 1. The quantitative estimate of drug-likeness (QED) is 0.329. The summed E-state index contributed by atoms with van der Waals surface area (Å²) in [7, 11) is 0. The molecule has 6 nitrogen and oxygen atoms in total. The van der Waals surface area contributed by atoms with E-state index in [1.165, 1.54) is 23.1 Å². The van der Waals surface area contributed by atoms with E-state index in [9.17, 15) is 9.59 Å². The molecule has 140 valence electrons. The zero-order chi connectivity index (χ0) is 19.4. The van der Waals surface area contributed by atoms with E-state index < -0.39 is 5.97 Å². The van der Waals surface area contributed by atoms with Crippen LogP contribution in [0, 0.1) is 20.8 Å². The number of hydrogen-bond acceptors (Lipinski definition) is 8. The molecule has 3 aromatic heterocycles. The summed E-state index contributed by atoms with van der Waals surface area (Å²) in [5.41, 5.74) is 2.13. The normalized spacial score (nSPS) is 10.8. The molecule has 0 radical (unpaired) electrons. The Morgan fingerprint density at radius 3 is 2.70 bits per heavy atom. The van der Waals surface area contributed by atoms with E-state index in [1.54, 1.807) is 24.4 Å². The van der Waals surface area contributed by atoms with Crippen LogP contribution in [0.5, 0.6) is 0 Å². The third kappa shape index (κ3) is 4.64. The van der Waals surface area contributed by atoms with Crippen molar-refractivity contribution in [2.75, 3.05) is 6.61 Å². The summed E-state index contributed by atoms with van der Waals surface area (Å²) in [6.07, 6.45) is 1.62. The molecule has 8 heteroatoms. The van der Waals surface area contributed by atoms with Crippen molar-refractivity contribution in [2.45, 2.75) is 31.6 Å². The van der Waals surface area contributed by atoms with E-state index >= 15 is 0 Å².